The van der Waals surface area contributed by atoms with E-state index in [1.807, 2.05) is 6.92 Å². The van der Waals surface area contributed by atoms with Crippen molar-refractivity contribution in [3.05, 3.63) is 29.3 Å². The van der Waals surface area contributed by atoms with Crippen molar-refractivity contribution in [3.8, 4) is 5.75 Å². The normalized spacial score (nSPS) is 22.9. The molecule has 6 heteroatoms. The number of likely N-dealkylation sites (tertiary alicyclic amines) is 1. The van der Waals surface area contributed by atoms with Gasteiger partial charge in [0.2, 0.25) is 0 Å². The topological polar surface area (TPSA) is 66.8 Å². The van der Waals surface area contributed by atoms with Crippen LogP contribution in [-0.2, 0) is 9.59 Å². The lowest BCUT2D eigenvalue weighted by atomic mass is 9.99. The Morgan fingerprint density at radius 1 is 1.33 bits per heavy atom. The van der Waals surface area contributed by atoms with E-state index in [0.29, 0.717) is 17.3 Å². The van der Waals surface area contributed by atoms with E-state index in [0.717, 1.165) is 0 Å². The third-order valence-electron chi connectivity index (χ3n) is 3.72. The van der Waals surface area contributed by atoms with Crippen molar-refractivity contribution < 1.29 is 19.4 Å². The van der Waals surface area contributed by atoms with E-state index < -0.39 is 18.0 Å². The molecule has 0 spiro atoms. The second kappa shape index (κ2) is 6.35. The third-order valence-corrected chi connectivity index (χ3v) is 3.97. The molecule has 0 aromatic heterocycles. The van der Waals surface area contributed by atoms with E-state index in [2.05, 4.69) is 0 Å². The van der Waals surface area contributed by atoms with Crippen molar-refractivity contribution in [2.75, 3.05) is 13.1 Å². The number of benzene rings is 1. The monoisotopic (exact) mass is 311 g/mol. The van der Waals surface area contributed by atoms with Crippen LogP contribution in [0.4, 0.5) is 0 Å². The molecule has 1 aromatic rings. The zero-order valence-electron chi connectivity index (χ0n) is 12.0. The fourth-order valence-corrected chi connectivity index (χ4v) is 2.62. The second-order valence-electron chi connectivity index (χ2n) is 5.38. The molecule has 0 bridgehead atoms. The number of hydrogen-bond donors (Lipinski definition) is 1. The van der Waals surface area contributed by atoms with Gasteiger partial charge in [-0.2, -0.15) is 0 Å². The molecule has 3 atom stereocenters. The number of aliphatic carboxylic acids is 1. The molecule has 0 saturated carbocycles. The number of halogens is 1. The molecule has 114 valence electrons. The molecule has 1 saturated heterocycles. The van der Waals surface area contributed by atoms with Crippen molar-refractivity contribution in [2.24, 2.45) is 11.8 Å². The molecule has 1 fully saturated rings. The fourth-order valence-electron chi connectivity index (χ4n) is 2.49. The van der Waals surface area contributed by atoms with Gasteiger partial charge in [0.25, 0.3) is 5.91 Å². The van der Waals surface area contributed by atoms with Crippen LogP contribution in [0.2, 0.25) is 5.02 Å². The van der Waals surface area contributed by atoms with Gasteiger partial charge in [-0.25, -0.2) is 0 Å². The zero-order chi connectivity index (χ0) is 15.6. The molecule has 5 nitrogen and oxygen atoms in total. The second-order valence-corrected chi connectivity index (χ2v) is 5.82. The van der Waals surface area contributed by atoms with E-state index in [4.69, 9.17) is 21.4 Å². The molecule has 1 aliphatic heterocycles. The first-order valence-electron chi connectivity index (χ1n) is 6.82. The summed E-state index contributed by atoms with van der Waals surface area (Å²) < 4.78 is 5.58. The van der Waals surface area contributed by atoms with Gasteiger partial charge in [0.1, 0.15) is 5.75 Å². The molecule has 1 heterocycles. The number of carbonyl (C=O) groups excluding carboxylic acids is 1. The summed E-state index contributed by atoms with van der Waals surface area (Å²) in [5.74, 6) is -1.04. The quantitative estimate of drug-likeness (QED) is 0.926. The summed E-state index contributed by atoms with van der Waals surface area (Å²) in [5, 5.41) is 9.70. The fraction of sp³-hybridized carbons (Fsp3) is 0.467. The van der Waals surface area contributed by atoms with E-state index in [1.165, 1.54) is 0 Å². The first-order chi connectivity index (χ1) is 9.88. The molecular formula is C15H18ClNO4. The molecule has 0 aliphatic carbocycles. The summed E-state index contributed by atoms with van der Waals surface area (Å²) >= 11 is 5.79. The van der Waals surface area contributed by atoms with Crippen LogP contribution in [0.25, 0.3) is 0 Å². The maximum atomic E-state index is 12.3. The van der Waals surface area contributed by atoms with Crippen molar-refractivity contribution in [3.63, 3.8) is 0 Å². The maximum absolute atomic E-state index is 12.3. The number of ether oxygens (including phenoxy) is 1. The Morgan fingerprint density at radius 3 is 2.48 bits per heavy atom. The first-order valence-corrected chi connectivity index (χ1v) is 7.20. The van der Waals surface area contributed by atoms with Gasteiger partial charge in [-0.3, -0.25) is 9.59 Å². The Balaban J connectivity index is 1.97. The Labute approximate surface area is 128 Å². The largest absolute Gasteiger partial charge is 0.481 e. The van der Waals surface area contributed by atoms with E-state index in [-0.39, 0.29) is 18.4 Å². The standard InChI is InChI=1S/C15H18ClNO4/c1-9-7-17(8-13(9)15(19)20)14(18)10(2)21-12-5-3-11(16)4-6-12/h3-6,9-10,13H,7-8H2,1-2H3,(H,19,20). The van der Waals surface area contributed by atoms with Crippen LogP contribution < -0.4 is 4.74 Å². The lowest BCUT2D eigenvalue weighted by Crippen LogP contribution is -2.39. The predicted octanol–water partition coefficient (Wildman–Crippen LogP) is 2.29. The minimum atomic E-state index is -0.857. The highest BCUT2D eigenvalue weighted by atomic mass is 35.5. The highest BCUT2D eigenvalue weighted by molar-refractivity contribution is 6.30. The van der Waals surface area contributed by atoms with Crippen LogP contribution in [0.1, 0.15) is 13.8 Å². The number of carboxylic acids is 1. The van der Waals surface area contributed by atoms with Crippen molar-refractivity contribution >= 4 is 23.5 Å². The van der Waals surface area contributed by atoms with Crippen LogP contribution in [0, 0.1) is 11.8 Å². The van der Waals surface area contributed by atoms with E-state index in [1.54, 1.807) is 36.1 Å². The Kier molecular flexibility index (Phi) is 4.73. The SMILES string of the molecule is CC(Oc1ccc(Cl)cc1)C(=O)N1CC(C)C(C(=O)O)C1. The summed E-state index contributed by atoms with van der Waals surface area (Å²) in [5.41, 5.74) is 0. The molecule has 1 N–H and O–H groups in total. The van der Waals surface area contributed by atoms with Gasteiger partial charge in [-0.15, -0.1) is 0 Å². The van der Waals surface area contributed by atoms with Crippen LogP contribution in [0.3, 0.4) is 0 Å². The van der Waals surface area contributed by atoms with Gasteiger partial charge >= 0.3 is 5.97 Å². The molecule has 21 heavy (non-hydrogen) atoms. The minimum Gasteiger partial charge on any atom is -0.481 e. The highest BCUT2D eigenvalue weighted by Crippen LogP contribution is 2.24. The number of nitrogens with zero attached hydrogens (tertiary/aromatic N) is 1. The lowest BCUT2D eigenvalue weighted by Gasteiger charge is -2.21. The summed E-state index contributed by atoms with van der Waals surface area (Å²) in [7, 11) is 0. The molecule has 3 unspecified atom stereocenters. The number of carboxylic acid groups (broad SMARTS) is 1. The van der Waals surface area contributed by atoms with Gasteiger partial charge in [-0.05, 0) is 37.1 Å². The Morgan fingerprint density at radius 2 is 1.95 bits per heavy atom. The molecule has 0 radical (unpaired) electrons. The number of amides is 1. The predicted molar refractivity (Wildman–Crippen MR) is 78.4 cm³/mol. The molecule has 1 amide bonds. The summed E-state index contributed by atoms with van der Waals surface area (Å²) in [4.78, 5) is 25.0. The summed E-state index contributed by atoms with van der Waals surface area (Å²) in [6.45, 7) is 4.19. The van der Waals surface area contributed by atoms with Gasteiger partial charge in [0.05, 0.1) is 5.92 Å². The van der Waals surface area contributed by atoms with Crippen LogP contribution in [0.5, 0.6) is 5.75 Å². The molecule has 2 rings (SSSR count). The Bertz CT molecular complexity index is 531. The van der Waals surface area contributed by atoms with Crippen LogP contribution >= 0.6 is 11.6 Å². The number of carbonyl (C=O) groups is 2. The van der Waals surface area contributed by atoms with Crippen molar-refractivity contribution in [2.45, 2.75) is 20.0 Å². The molecular weight excluding hydrogens is 294 g/mol. The van der Waals surface area contributed by atoms with Gasteiger partial charge in [0, 0.05) is 18.1 Å². The highest BCUT2D eigenvalue weighted by Gasteiger charge is 2.38. The third kappa shape index (κ3) is 3.67. The number of hydrogen-bond acceptors (Lipinski definition) is 3. The lowest BCUT2D eigenvalue weighted by molar-refractivity contribution is -0.142. The smallest absolute Gasteiger partial charge is 0.308 e. The van der Waals surface area contributed by atoms with E-state index >= 15 is 0 Å². The number of rotatable bonds is 4. The zero-order valence-corrected chi connectivity index (χ0v) is 12.7. The molecule has 1 aromatic carbocycles. The van der Waals surface area contributed by atoms with E-state index in [9.17, 15) is 9.59 Å². The first kappa shape index (κ1) is 15.6. The van der Waals surface area contributed by atoms with Crippen molar-refractivity contribution in [1.82, 2.24) is 4.90 Å². The van der Waals surface area contributed by atoms with Crippen LogP contribution in [-0.4, -0.2) is 41.1 Å². The summed E-state index contributed by atoms with van der Waals surface area (Å²) in [6.07, 6.45) is -0.661. The Hall–Kier alpha value is -1.75. The van der Waals surface area contributed by atoms with Gasteiger partial charge in [0.15, 0.2) is 6.10 Å². The van der Waals surface area contributed by atoms with Crippen molar-refractivity contribution in [1.29, 1.82) is 0 Å². The van der Waals surface area contributed by atoms with Gasteiger partial charge in [-0.1, -0.05) is 18.5 Å². The van der Waals surface area contributed by atoms with Gasteiger partial charge < -0.3 is 14.7 Å². The average molecular weight is 312 g/mol. The molecule has 1 aliphatic rings. The summed E-state index contributed by atoms with van der Waals surface area (Å²) in [6, 6.07) is 6.76. The maximum Gasteiger partial charge on any atom is 0.308 e. The van der Waals surface area contributed by atoms with Crippen LogP contribution in [0.15, 0.2) is 24.3 Å². The minimum absolute atomic E-state index is 0.0471. The average Bonchev–Trinajstić information content (AvgIpc) is 2.82.